The van der Waals surface area contributed by atoms with Crippen molar-refractivity contribution < 1.29 is 0 Å². The van der Waals surface area contributed by atoms with Crippen molar-refractivity contribution >= 4 is 5.84 Å². The van der Waals surface area contributed by atoms with Crippen LogP contribution in [0.3, 0.4) is 0 Å². The van der Waals surface area contributed by atoms with Crippen LogP contribution in [0.1, 0.15) is 25.1 Å². The first-order valence-corrected chi connectivity index (χ1v) is 5.10. The van der Waals surface area contributed by atoms with E-state index >= 15 is 0 Å². The summed E-state index contributed by atoms with van der Waals surface area (Å²) in [5.41, 5.74) is 0. The lowest BCUT2D eigenvalue weighted by atomic mass is 10.1. The highest BCUT2D eigenvalue weighted by molar-refractivity contribution is 5.93. The fourth-order valence-corrected chi connectivity index (χ4v) is 1.85. The summed E-state index contributed by atoms with van der Waals surface area (Å²) in [4.78, 5) is 6.30. The lowest BCUT2D eigenvalue weighted by Gasteiger charge is -2.28. The van der Waals surface area contributed by atoms with Crippen molar-refractivity contribution in [3.8, 4) is 0 Å². The van der Waals surface area contributed by atoms with Crippen LogP contribution in [-0.4, -0.2) is 33.4 Å². The van der Waals surface area contributed by atoms with Gasteiger partial charge in [-0.1, -0.05) is 0 Å². The second-order valence-electron chi connectivity index (χ2n) is 3.76. The van der Waals surface area contributed by atoms with E-state index in [0.29, 0.717) is 5.84 Å². The zero-order chi connectivity index (χ0) is 9.97. The van der Waals surface area contributed by atoms with Gasteiger partial charge in [-0.25, -0.2) is 4.98 Å². The Labute approximate surface area is 84.1 Å². The maximum Gasteiger partial charge on any atom is 0.175 e. The minimum atomic E-state index is 0.567. The highest BCUT2D eigenvalue weighted by atomic mass is 15.2. The van der Waals surface area contributed by atoms with E-state index in [1.54, 1.807) is 6.20 Å². The molecule has 0 bridgehead atoms. The predicted molar refractivity (Wildman–Crippen MR) is 55.5 cm³/mol. The summed E-state index contributed by atoms with van der Waals surface area (Å²) in [6.45, 7) is 2.01. The third kappa shape index (κ3) is 1.64. The molecule has 4 heteroatoms. The van der Waals surface area contributed by atoms with Crippen LogP contribution < -0.4 is 0 Å². The van der Waals surface area contributed by atoms with Gasteiger partial charge < -0.3 is 9.47 Å². The quantitative estimate of drug-likeness (QED) is 0.537. The minimum absolute atomic E-state index is 0.567. The Balaban J connectivity index is 2.11. The summed E-state index contributed by atoms with van der Waals surface area (Å²) in [7, 11) is 1.93. The maximum absolute atomic E-state index is 8.02. The Morgan fingerprint density at radius 3 is 2.64 bits per heavy atom. The number of imidazole rings is 1. The van der Waals surface area contributed by atoms with Crippen LogP contribution >= 0.6 is 0 Å². The van der Waals surface area contributed by atoms with E-state index in [1.807, 2.05) is 17.8 Å². The van der Waals surface area contributed by atoms with Crippen molar-refractivity contribution in [2.75, 3.05) is 13.1 Å². The molecule has 14 heavy (non-hydrogen) atoms. The molecule has 2 rings (SSSR count). The van der Waals surface area contributed by atoms with Gasteiger partial charge in [0.2, 0.25) is 0 Å². The van der Waals surface area contributed by atoms with Crippen LogP contribution in [0.15, 0.2) is 12.4 Å². The number of aryl methyl sites for hydroxylation is 1. The van der Waals surface area contributed by atoms with E-state index in [9.17, 15) is 0 Å². The third-order valence-electron chi connectivity index (χ3n) is 2.71. The molecule has 4 nitrogen and oxygen atoms in total. The van der Waals surface area contributed by atoms with E-state index in [4.69, 9.17) is 5.41 Å². The first-order chi connectivity index (χ1) is 6.79. The SMILES string of the molecule is Cn1ccnc1C(=N)N1CCCCC1. The molecule has 1 aliphatic rings. The number of nitrogens with zero attached hydrogens (tertiary/aromatic N) is 3. The molecular weight excluding hydrogens is 176 g/mol. The molecular formula is C10H16N4. The Hall–Kier alpha value is -1.32. The molecule has 1 saturated heterocycles. The summed E-state index contributed by atoms with van der Waals surface area (Å²) < 4.78 is 1.90. The zero-order valence-corrected chi connectivity index (χ0v) is 8.53. The molecule has 1 fully saturated rings. The molecule has 1 aromatic rings. The fourth-order valence-electron chi connectivity index (χ4n) is 1.85. The van der Waals surface area contributed by atoms with Gasteiger partial charge in [0.1, 0.15) is 0 Å². The second kappa shape index (κ2) is 3.82. The minimum Gasteiger partial charge on any atom is -0.354 e. The van der Waals surface area contributed by atoms with Gasteiger partial charge in [-0.05, 0) is 19.3 Å². The third-order valence-corrected chi connectivity index (χ3v) is 2.71. The summed E-state index contributed by atoms with van der Waals surface area (Å²) >= 11 is 0. The summed E-state index contributed by atoms with van der Waals surface area (Å²) in [6.07, 6.45) is 7.32. The topological polar surface area (TPSA) is 44.9 Å². The number of amidine groups is 1. The smallest absolute Gasteiger partial charge is 0.175 e. The Morgan fingerprint density at radius 1 is 1.36 bits per heavy atom. The van der Waals surface area contributed by atoms with E-state index < -0.39 is 0 Å². The average molecular weight is 192 g/mol. The first kappa shape index (κ1) is 9.24. The fraction of sp³-hybridized carbons (Fsp3) is 0.600. The number of rotatable bonds is 1. The molecule has 76 valence electrons. The number of aromatic nitrogens is 2. The number of likely N-dealkylation sites (tertiary alicyclic amines) is 1. The molecule has 0 aromatic carbocycles. The monoisotopic (exact) mass is 192 g/mol. The van der Waals surface area contributed by atoms with Gasteiger partial charge in [-0.2, -0.15) is 0 Å². The van der Waals surface area contributed by atoms with Crippen LogP contribution in [0.2, 0.25) is 0 Å². The van der Waals surface area contributed by atoms with Gasteiger partial charge in [0.05, 0.1) is 0 Å². The largest absolute Gasteiger partial charge is 0.354 e. The molecule has 0 spiro atoms. The van der Waals surface area contributed by atoms with Crippen LogP contribution in [-0.2, 0) is 7.05 Å². The van der Waals surface area contributed by atoms with Crippen LogP contribution in [0.4, 0.5) is 0 Å². The van der Waals surface area contributed by atoms with Crippen LogP contribution in [0, 0.1) is 5.41 Å². The van der Waals surface area contributed by atoms with Gasteiger partial charge in [0.25, 0.3) is 0 Å². The summed E-state index contributed by atoms with van der Waals surface area (Å²) in [5, 5.41) is 8.02. The maximum atomic E-state index is 8.02. The van der Waals surface area contributed by atoms with E-state index in [0.717, 1.165) is 18.9 Å². The number of hydrogen-bond donors (Lipinski definition) is 1. The second-order valence-corrected chi connectivity index (χ2v) is 3.76. The highest BCUT2D eigenvalue weighted by Gasteiger charge is 2.17. The molecule has 0 amide bonds. The van der Waals surface area contributed by atoms with E-state index in [-0.39, 0.29) is 0 Å². The Morgan fingerprint density at radius 2 is 2.07 bits per heavy atom. The number of piperidine rings is 1. The molecule has 0 aliphatic carbocycles. The average Bonchev–Trinajstić information content (AvgIpc) is 2.65. The van der Waals surface area contributed by atoms with Gasteiger partial charge in [-0.3, -0.25) is 5.41 Å². The first-order valence-electron chi connectivity index (χ1n) is 5.10. The summed E-state index contributed by atoms with van der Waals surface area (Å²) in [5.74, 6) is 1.34. The van der Waals surface area contributed by atoms with Crippen molar-refractivity contribution in [2.45, 2.75) is 19.3 Å². The van der Waals surface area contributed by atoms with Gasteiger partial charge in [-0.15, -0.1) is 0 Å². The van der Waals surface area contributed by atoms with Crippen LogP contribution in [0.25, 0.3) is 0 Å². The van der Waals surface area contributed by atoms with Crippen LogP contribution in [0.5, 0.6) is 0 Å². The standard InChI is InChI=1S/C10H16N4/c1-13-8-5-12-10(13)9(11)14-6-3-2-4-7-14/h5,8,11H,2-4,6-7H2,1H3. The van der Waals surface area contributed by atoms with E-state index in [2.05, 4.69) is 9.88 Å². The normalized spacial score (nSPS) is 17.1. The van der Waals surface area contributed by atoms with Crippen molar-refractivity contribution in [3.05, 3.63) is 18.2 Å². The van der Waals surface area contributed by atoms with Crippen molar-refractivity contribution in [1.82, 2.24) is 14.5 Å². The van der Waals surface area contributed by atoms with Crippen molar-refractivity contribution in [1.29, 1.82) is 5.41 Å². The lowest BCUT2D eigenvalue weighted by Crippen LogP contribution is -2.36. The Kier molecular flexibility index (Phi) is 2.52. The molecule has 1 N–H and O–H groups in total. The number of hydrogen-bond acceptors (Lipinski definition) is 2. The molecule has 0 unspecified atom stereocenters. The predicted octanol–water partition coefficient (Wildman–Crippen LogP) is 1.23. The molecule has 0 radical (unpaired) electrons. The van der Waals surface area contributed by atoms with Gasteiger partial charge >= 0.3 is 0 Å². The Bertz CT molecular complexity index is 323. The van der Waals surface area contributed by atoms with Gasteiger partial charge in [0.15, 0.2) is 11.7 Å². The lowest BCUT2D eigenvalue weighted by molar-refractivity contribution is 0.339. The zero-order valence-electron chi connectivity index (χ0n) is 8.53. The molecule has 0 saturated carbocycles. The molecule has 1 aromatic heterocycles. The summed E-state index contributed by atoms with van der Waals surface area (Å²) in [6, 6.07) is 0. The molecule has 2 heterocycles. The van der Waals surface area contributed by atoms with Gasteiger partial charge in [0, 0.05) is 32.5 Å². The van der Waals surface area contributed by atoms with Crippen molar-refractivity contribution in [3.63, 3.8) is 0 Å². The molecule has 0 atom stereocenters. The highest BCUT2D eigenvalue weighted by Crippen LogP contribution is 2.11. The molecule has 1 aliphatic heterocycles. The van der Waals surface area contributed by atoms with Crippen molar-refractivity contribution in [2.24, 2.45) is 7.05 Å². The van der Waals surface area contributed by atoms with E-state index in [1.165, 1.54) is 19.3 Å². The number of nitrogens with one attached hydrogen (secondary N) is 1.